The second kappa shape index (κ2) is 32.9. The summed E-state index contributed by atoms with van der Waals surface area (Å²) in [6, 6.07) is 10.1. The quantitative estimate of drug-likeness (QED) is 0.00772. The SMILES string of the molecule is COc1ccc2c(CC(=O)N3CCC[C@H]3C(=O)N[C@H](CC(C)C)C(=O)NCC(=O)N[C@H](CCCCOCc3ccccc3)C(=O)N[C@@H](CNc3ccc([N+](=O)[O-])cc3[N+](=O)[O-])C(=O)N[C@H](C)C(=O)N[C@@H](CCCN=C(N)N)C(N)=O)cc(=O)oc2c1. The minimum absolute atomic E-state index is 0.0130. The topological polar surface area (TPSA) is 449 Å². The first-order valence-electron chi connectivity index (χ1n) is 27.8. The lowest BCUT2D eigenvalue weighted by Crippen LogP contribution is -2.59. The summed E-state index contributed by atoms with van der Waals surface area (Å²) in [7, 11) is 1.45. The lowest BCUT2D eigenvalue weighted by molar-refractivity contribution is -0.393. The van der Waals surface area contributed by atoms with Gasteiger partial charge in [0.15, 0.2) is 5.96 Å². The van der Waals surface area contributed by atoms with Gasteiger partial charge in [-0.2, -0.15) is 0 Å². The Morgan fingerprint density at radius 3 is 2.16 bits per heavy atom. The second-order valence-electron chi connectivity index (χ2n) is 20.7. The molecule has 2 heterocycles. The van der Waals surface area contributed by atoms with Gasteiger partial charge in [-0.05, 0) is 93.5 Å². The zero-order valence-corrected chi connectivity index (χ0v) is 48.1. The Bertz CT molecular complexity index is 3170. The van der Waals surface area contributed by atoms with E-state index in [1.165, 1.54) is 31.1 Å². The van der Waals surface area contributed by atoms with E-state index in [2.05, 4.69) is 42.2 Å². The molecule has 0 radical (unpaired) electrons. The van der Waals surface area contributed by atoms with Gasteiger partial charge in [-0.3, -0.25) is 63.6 Å². The highest BCUT2D eigenvalue weighted by molar-refractivity contribution is 5.97. The third kappa shape index (κ3) is 20.8. The van der Waals surface area contributed by atoms with E-state index < -0.39 is 123 Å². The smallest absolute Gasteiger partial charge is 0.336 e. The summed E-state index contributed by atoms with van der Waals surface area (Å²) in [6.45, 7) is 4.37. The molecule has 3 aromatic carbocycles. The van der Waals surface area contributed by atoms with Crippen LogP contribution in [0.1, 0.15) is 83.3 Å². The average Bonchev–Trinajstić information content (AvgIpc) is 1.71. The van der Waals surface area contributed by atoms with E-state index in [1.54, 1.807) is 12.1 Å². The number of nitro groups is 2. The molecule has 5 rings (SSSR count). The summed E-state index contributed by atoms with van der Waals surface area (Å²) in [4.78, 5) is 149. The number of nitro benzene ring substituents is 2. The fourth-order valence-electron chi connectivity index (χ4n) is 9.27. The van der Waals surface area contributed by atoms with E-state index in [0.29, 0.717) is 35.6 Å². The van der Waals surface area contributed by atoms with E-state index in [1.807, 2.05) is 44.2 Å². The standard InChI is InChI=1S/C56H74N14O16/c1-32(2)24-42(66-55(79)44-16-11-22-68(44)48(72)25-35-26-49(73)86-46-28-37(84-4)18-19-38(35)46)52(76)62-30-47(71)64-41(14-8-9-23-85-31-34-12-6-5-7-13-34)53(77)67-43(29-61-39-20-17-36(69(80)81)27-45(39)70(82)83)54(78)63-33(3)51(75)65-40(50(57)74)15-10-21-60-56(58)59/h5-7,12-13,17-20,26-28,32-33,40-44,61H,8-11,14-16,21-25,29-31H2,1-4H3,(H2,57,74)(H,62,76)(H,63,78)(H,64,71)(H,65,75)(H,66,79)(H,67,77)(H4,58,59,60)/t33-,40+,41-,42-,43+,44+/m1/s1. The van der Waals surface area contributed by atoms with Crippen molar-refractivity contribution in [1.29, 1.82) is 0 Å². The third-order valence-electron chi connectivity index (χ3n) is 13.7. The number of anilines is 1. The Balaban J connectivity index is 1.31. The predicted octanol–water partition coefficient (Wildman–Crippen LogP) is 0.796. The highest BCUT2D eigenvalue weighted by Gasteiger charge is 2.37. The van der Waals surface area contributed by atoms with Gasteiger partial charge in [0, 0.05) is 49.8 Å². The maximum atomic E-state index is 14.4. The Hall–Kier alpha value is -9.74. The predicted molar refractivity (Wildman–Crippen MR) is 313 cm³/mol. The Kier molecular flexibility index (Phi) is 25.7. The number of likely N-dealkylation sites (tertiary alicyclic amines) is 1. The van der Waals surface area contributed by atoms with Crippen LogP contribution in [0, 0.1) is 26.1 Å². The fourth-order valence-corrected chi connectivity index (χ4v) is 9.27. The number of hydrogen-bond acceptors (Lipinski definition) is 18. The van der Waals surface area contributed by atoms with Crippen molar-refractivity contribution in [3.63, 3.8) is 0 Å². The minimum atomic E-state index is -1.71. The van der Waals surface area contributed by atoms with Crippen LogP contribution >= 0.6 is 0 Å². The fraction of sp³-hybridized carbons (Fsp3) is 0.464. The number of nitrogens with two attached hydrogens (primary N) is 3. The number of fused-ring (bicyclic) bond motifs is 1. The molecule has 0 aliphatic carbocycles. The zero-order chi connectivity index (χ0) is 63.0. The number of hydrogen-bond donors (Lipinski definition) is 10. The normalized spacial score (nSPS) is 14.5. The van der Waals surface area contributed by atoms with Crippen molar-refractivity contribution < 1.29 is 62.1 Å². The highest BCUT2D eigenvalue weighted by atomic mass is 16.6. The first-order valence-corrected chi connectivity index (χ1v) is 27.8. The molecule has 0 bridgehead atoms. The second-order valence-corrected chi connectivity index (χ2v) is 20.7. The molecule has 30 nitrogen and oxygen atoms in total. The summed E-state index contributed by atoms with van der Waals surface area (Å²) in [5.74, 6) is -6.42. The molecule has 30 heteroatoms. The van der Waals surface area contributed by atoms with E-state index in [-0.39, 0.29) is 94.4 Å². The van der Waals surface area contributed by atoms with E-state index in [4.69, 9.17) is 31.1 Å². The number of methoxy groups -OCH3 is 1. The van der Waals surface area contributed by atoms with Gasteiger partial charge >= 0.3 is 5.63 Å². The van der Waals surface area contributed by atoms with Crippen LogP contribution in [0.2, 0.25) is 0 Å². The molecule has 0 spiro atoms. The summed E-state index contributed by atoms with van der Waals surface area (Å²) < 4.78 is 16.4. The molecule has 4 aromatic rings. The number of aliphatic imine (C=N–C) groups is 1. The van der Waals surface area contributed by atoms with Crippen molar-refractivity contribution in [3.8, 4) is 5.75 Å². The van der Waals surface area contributed by atoms with E-state index in [9.17, 15) is 63.4 Å². The Morgan fingerprint density at radius 2 is 1.49 bits per heavy atom. The van der Waals surface area contributed by atoms with E-state index in [0.717, 1.165) is 17.7 Å². The number of primary amides is 1. The number of nitrogens with one attached hydrogen (secondary N) is 7. The number of benzene rings is 3. The number of non-ortho nitro benzene ring substituents is 1. The van der Waals surface area contributed by atoms with Crippen LogP contribution in [-0.2, 0) is 56.1 Å². The molecule has 13 N–H and O–H groups in total. The summed E-state index contributed by atoms with van der Waals surface area (Å²) in [5, 5.41) is 41.9. The molecule has 8 amide bonds. The summed E-state index contributed by atoms with van der Waals surface area (Å²) >= 11 is 0. The number of nitrogens with zero attached hydrogens (tertiary/aromatic N) is 4. The summed E-state index contributed by atoms with van der Waals surface area (Å²) in [6.07, 6.45) is 1.43. The lowest BCUT2D eigenvalue weighted by atomic mass is 10.0. The van der Waals surface area contributed by atoms with Gasteiger partial charge in [0.25, 0.3) is 11.4 Å². The number of carbonyl (C=O) groups is 8. The molecular weight excluding hydrogens is 1120 g/mol. The number of ether oxygens (including phenoxy) is 2. The van der Waals surface area contributed by atoms with Gasteiger partial charge in [0.2, 0.25) is 47.3 Å². The monoisotopic (exact) mass is 1200 g/mol. The van der Waals surface area contributed by atoms with Crippen LogP contribution in [0.25, 0.3) is 11.0 Å². The molecule has 6 atom stereocenters. The van der Waals surface area contributed by atoms with Crippen molar-refractivity contribution in [2.45, 2.75) is 121 Å². The van der Waals surface area contributed by atoms with Gasteiger partial charge in [-0.1, -0.05) is 44.2 Å². The number of unbranched alkanes of at least 4 members (excludes halogenated alkanes) is 1. The van der Waals surface area contributed by atoms with Crippen LogP contribution in [0.5, 0.6) is 5.75 Å². The Morgan fingerprint density at radius 1 is 0.779 bits per heavy atom. The highest BCUT2D eigenvalue weighted by Crippen LogP contribution is 2.29. The summed E-state index contributed by atoms with van der Waals surface area (Å²) in [5.41, 5.74) is 15.4. The van der Waals surface area contributed by atoms with Crippen molar-refractivity contribution in [2.75, 3.05) is 45.2 Å². The number of amides is 8. The maximum Gasteiger partial charge on any atom is 0.336 e. The molecule has 1 aromatic heterocycles. The maximum absolute atomic E-state index is 14.4. The number of carbonyl (C=O) groups excluding carboxylic acids is 8. The Labute approximate surface area is 493 Å². The van der Waals surface area contributed by atoms with Crippen LogP contribution in [0.15, 0.2) is 87.0 Å². The molecule has 86 heavy (non-hydrogen) atoms. The van der Waals surface area contributed by atoms with Gasteiger partial charge in [0.1, 0.15) is 53.3 Å². The molecule has 0 saturated carbocycles. The molecule has 464 valence electrons. The number of guanidine groups is 1. The molecular formula is C56H74N14O16. The first kappa shape index (κ1) is 67.1. The molecule has 1 fully saturated rings. The average molecular weight is 1200 g/mol. The molecule has 1 aliphatic rings. The van der Waals surface area contributed by atoms with Crippen molar-refractivity contribution in [2.24, 2.45) is 28.1 Å². The molecule has 1 saturated heterocycles. The minimum Gasteiger partial charge on any atom is -0.497 e. The number of rotatable bonds is 34. The third-order valence-corrected chi connectivity index (χ3v) is 13.7. The largest absolute Gasteiger partial charge is 0.497 e. The molecule has 0 unspecified atom stereocenters. The van der Waals surface area contributed by atoms with Crippen molar-refractivity contribution in [3.05, 3.63) is 115 Å². The van der Waals surface area contributed by atoms with Crippen molar-refractivity contribution >= 4 is 81.2 Å². The van der Waals surface area contributed by atoms with Crippen LogP contribution < -0.4 is 64.8 Å². The van der Waals surface area contributed by atoms with Gasteiger partial charge in [-0.15, -0.1) is 0 Å². The van der Waals surface area contributed by atoms with Crippen molar-refractivity contribution in [1.82, 2.24) is 36.8 Å². The van der Waals surface area contributed by atoms with E-state index >= 15 is 0 Å². The van der Waals surface area contributed by atoms with Gasteiger partial charge in [0.05, 0.1) is 42.6 Å². The first-order chi connectivity index (χ1) is 40.9. The zero-order valence-electron chi connectivity index (χ0n) is 48.1. The van der Waals surface area contributed by atoms with Gasteiger partial charge < -0.3 is 73.2 Å². The molecule has 1 aliphatic heterocycles. The lowest BCUT2D eigenvalue weighted by Gasteiger charge is -2.27. The van der Waals surface area contributed by atoms with Crippen LogP contribution in [0.4, 0.5) is 17.1 Å². The van der Waals surface area contributed by atoms with Gasteiger partial charge in [-0.25, -0.2) is 4.79 Å². The van der Waals surface area contributed by atoms with Crippen LogP contribution in [-0.4, -0.2) is 144 Å². The van der Waals surface area contributed by atoms with Crippen LogP contribution in [0.3, 0.4) is 0 Å².